The Labute approximate surface area is 208 Å². The summed E-state index contributed by atoms with van der Waals surface area (Å²) in [5.74, 6) is 0.655. The summed E-state index contributed by atoms with van der Waals surface area (Å²) in [6.45, 7) is 4.18. The standard InChI is InChI=1S/C32H33NO2/c1-3-32(21-22-32)28-19-17-26(18-20-28)25-13-15-27(16-14-25)31-30(23(2)33-35-31)29(34)12-8-7-11-24-9-5-4-6-10-24/h4-7,9-11,13-20,29,34H,3,8,12,21-22H2,1-2H3/b11-7+. The van der Waals surface area contributed by atoms with Crippen LogP contribution in [0.4, 0.5) is 0 Å². The number of aromatic nitrogens is 1. The zero-order valence-corrected chi connectivity index (χ0v) is 20.6. The van der Waals surface area contributed by atoms with Crippen molar-refractivity contribution in [2.45, 2.75) is 57.5 Å². The molecule has 0 amide bonds. The maximum absolute atomic E-state index is 10.9. The minimum Gasteiger partial charge on any atom is -0.388 e. The molecule has 0 radical (unpaired) electrons. The normalized spacial score (nSPS) is 15.4. The van der Waals surface area contributed by atoms with Crippen LogP contribution >= 0.6 is 0 Å². The maximum Gasteiger partial charge on any atom is 0.172 e. The summed E-state index contributed by atoms with van der Waals surface area (Å²) in [5.41, 5.74) is 7.90. The molecular weight excluding hydrogens is 430 g/mol. The van der Waals surface area contributed by atoms with Crippen molar-refractivity contribution in [1.29, 1.82) is 0 Å². The number of hydrogen-bond acceptors (Lipinski definition) is 3. The summed E-state index contributed by atoms with van der Waals surface area (Å²) in [7, 11) is 0. The van der Waals surface area contributed by atoms with Gasteiger partial charge in [0, 0.05) is 5.56 Å². The molecule has 0 saturated heterocycles. The zero-order chi connectivity index (χ0) is 24.3. The number of nitrogens with zero attached hydrogens (tertiary/aromatic N) is 1. The van der Waals surface area contributed by atoms with Crippen LogP contribution in [0.3, 0.4) is 0 Å². The first kappa shape index (κ1) is 23.3. The second kappa shape index (κ2) is 10.1. The topological polar surface area (TPSA) is 46.3 Å². The first-order valence-corrected chi connectivity index (χ1v) is 12.7. The van der Waals surface area contributed by atoms with E-state index in [9.17, 15) is 5.11 Å². The van der Waals surface area contributed by atoms with E-state index in [4.69, 9.17) is 4.52 Å². The number of hydrogen-bond donors (Lipinski definition) is 1. The molecule has 3 nitrogen and oxygen atoms in total. The Morgan fingerprint density at radius 3 is 2.17 bits per heavy atom. The lowest BCUT2D eigenvalue weighted by Crippen LogP contribution is -2.03. The Balaban J connectivity index is 1.28. The van der Waals surface area contributed by atoms with Crippen molar-refractivity contribution >= 4 is 6.08 Å². The van der Waals surface area contributed by atoms with Crippen molar-refractivity contribution in [3.63, 3.8) is 0 Å². The highest BCUT2D eigenvalue weighted by molar-refractivity contribution is 5.70. The number of allylic oxidation sites excluding steroid dienone is 1. The molecule has 1 aromatic heterocycles. The van der Waals surface area contributed by atoms with Gasteiger partial charge in [-0.1, -0.05) is 103 Å². The van der Waals surface area contributed by atoms with E-state index in [1.165, 1.54) is 36.0 Å². The van der Waals surface area contributed by atoms with Crippen LogP contribution in [0.5, 0.6) is 0 Å². The van der Waals surface area contributed by atoms with Crippen LogP contribution in [0.25, 0.3) is 28.5 Å². The molecule has 3 aromatic carbocycles. The fourth-order valence-corrected chi connectivity index (χ4v) is 4.99. The molecule has 0 bridgehead atoms. The molecule has 1 unspecified atom stereocenters. The second-order valence-electron chi connectivity index (χ2n) is 9.71. The molecule has 4 aromatic rings. The molecular formula is C32H33NO2. The smallest absolute Gasteiger partial charge is 0.172 e. The van der Waals surface area contributed by atoms with Crippen LogP contribution in [0.15, 0.2) is 89.5 Å². The molecule has 0 aliphatic heterocycles. The van der Waals surface area contributed by atoms with Crippen molar-refractivity contribution in [1.82, 2.24) is 5.16 Å². The molecule has 1 fully saturated rings. The average molecular weight is 464 g/mol. The van der Waals surface area contributed by atoms with E-state index in [1.807, 2.05) is 25.1 Å². The molecule has 0 spiro atoms. The molecule has 178 valence electrons. The van der Waals surface area contributed by atoms with E-state index >= 15 is 0 Å². The monoisotopic (exact) mass is 463 g/mol. The third-order valence-electron chi connectivity index (χ3n) is 7.47. The number of aliphatic hydroxyl groups is 1. The maximum atomic E-state index is 10.9. The van der Waals surface area contributed by atoms with Crippen LogP contribution in [0.1, 0.15) is 67.5 Å². The van der Waals surface area contributed by atoms with E-state index in [0.29, 0.717) is 17.6 Å². The van der Waals surface area contributed by atoms with Gasteiger partial charge in [0.1, 0.15) is 0 Å². The van der Waals surface area contributed by atoms with E-state index < -0.39 is 6.10 Å². The van der Waals surface area contributed by atoms with Crippen LogP contribution < -0.4 is 0 Å². The average Bonchev–Trinajstić information content (AvgIpc) is 3.62. The second-order valence-corrected chi connectivity index (χ2v) is 9.71. The highest BCUT2D eigenvalue weighted by Crippen LogP contribution is 2.51. The summed E-state index contributed by atoms with van der Waals surface area (Å²) in [4.78, 5) is 0. The fraction of sp³-hybridized carbons (Fsp3) is 0.281. The van der Waals surface area contributed by atoms with E-state index in [2.05, 4.69) is 84.9 Å². The minimum atomic E-state index is -0.628. The van der Waals surface area contributed by atoms with Gasteiger partial charge < -0.3 is 9.63 Å². The van der Waals surface area contributed by atoms with Crippen molar-refractivity contribution in [3.05, 3.63) is 107 Å². The minimum absolute atomic E-state index is 0.432. The third kappa shape index (κ3) is 5.01. The third-order valence-corrected chi connectivity index (χ3v) is 7.47. The largest absolute Gasteiger partial charge is 0.388 e. The van der Waals surface area contributed by atoms with Crippen LogP contribution in [-0.4, -0.2) is 10.3 Å². The van der Waals surface area contributed by atoms with Gasteiger partial charge in [0.25, 0.3) is 0 Å². The number of aryl methyl sites for hydroxylation is 1. The molecule has 5 rings (SSSR count). The zero-order valence-electron chi connectivity index (χ0n) is 20.6. The van der Waals surface area contributed by atoms with Gasteiger partial charge in [-0.15, -0.1) is 0 Å². The highest BCUT2D eigenvalue weighted by atomic mass is 16.5. The Morgan fingerprint density at radius 1 is 0.914 bits per heavy atom. The van der Waals surface area contributed by atoms with Crippen LogP contribution in [0, 0.1) is 6.92 Å². The summed E-state index contributed by atoms with van der Waals surface area (Å²) >= 11 is 0. The predicted molar refractivity (Wildman–Crippen MR) is 143 cm³/mol. The Bertz CT molecular complexity index is 1280. The highest BCUT2D eigenvalue weighted by Gasteiger charge is 2.42. The van der Waals surface area contributed by atoms with Crippen LogP contribution in [0.2, 0.25) is 0 Å². The van der Waals surface area contributed by atoms with E-state index in [-0.39, 0.29) is 0 Å². The first-order valence-electron chi connectivity index (χ1n) is 12.7. The van der Waals surface area contributed by atoms with Crippen molar-refractivity contribution in [3.8, 4) is 22.5 Å². The summed E-state index contributed by atoms with van der Waals surface area (Å²) < 4.78 is 5.67. The molecule has 1 saturated carbocycles. The molecule has 1 atom stereocenters. The van der Waals surface area contributed by atoms with E-state index in [1.54, 1.807) is 0 Å². The molecule has 1 aliphatic carbocycles. The quantitative estimate of drug-likeness (QED) is 0.272. The SMILES string of the molecule is CCC1(c2ccc(-c3ccc(-c4onc(C)c4C(O)CC/C=C/c4ccccc4)cc3)cc2)CC1. The van der Waals surface area contributed by atoms with Crippen molar-refractivity contribution < 1.29 is 9.63 Å². The molecule has 1 aliphatic rings. The predicted octanol–water partition coefficient (Wildman–Crippen LogP) is 8.29. The Morgan fingerprint density at radius 2 is 1.54 bits per heavy atom. The van der Waals surface area contributed by atoms with Gasteiger partial charge >= 0.3 is 0 Å². The number of aliphatic hydroxyl groups excluding tert-OH is 1. The number of rotatable bonds is 9. The molecule has 3 heteroatoms. The van der Waals surface area contributed by atoms with Crippen molar-refractivity contribution in [2.24, 2.45) is 0 Å². The summed E-state index contributed by atoms with van der Waals surface area (Å²) in [5, 5.41) is 15.1. The lowest BCUT2D eigenvalue weighted by atomic mass is 9.91. The van der Waals surface area contributed by atoms with Gasteiger partial charge in [-0.2, -0.15) is 0 Å². The van der Waals surface area contributed by atoms with Gasteiger partial charge in [0.15, 0.2) is 5.76 Å². The Kier molecular flexibility index (Phi) is 6.70. The fourth-order valence-electron chi connectivity index (χ4n) is 4.99. The van der Waals surface area contributed by atoms with Gasteiger partial charge in [0.05, 0.1) is 17.4 Å². The summed E-state index contributed by atoms with van der Waals surface area (Å²) in [6.07, 6.45) is 8.79. The lowest BCUT2D eigenvalue weighted by molar-refractivity contribution is 0.168. The van der Waals surface area contributed by atoms with Gasteiger partial charge in [-0.25, -0.2) is 0 Å². The molecule has 1 heterocycles. The summed E-state index contributed by atoms with van der Waals surface area (Å²) in [6, 6.07) is 27.6. The van der Waals surface area contributed by atoms with Gasteiger partial charge in [-0.05, 0) is 66.7 Å². The Hall–Kier alpha value is -3.43. The van der Waals surface area contributed by atoms with Gasteiger partial charge in [-0.3, -0.25) is 0 Å². The van der Waals surface area contributed by atoms with Gasteiger partial charge in [0.2, 0.25) is 0 Å². The lowest BCUT2D eigenvalue weighted by Gasteiger charge is -2.13. The molecule has 1 N–H and O–H groups in total. The van der Waals surface area contributed by atoms with Crippen molar-refractivity contribution in [2.75, 3.05) is 0 Å². The number of benzene rings is 3. The molecule has 35 heavy (non-hydrogen) atoms. The first-order chi connectivity index (χ1) is 17.1. The van der Waals surface area contributed by atoms with E-state index in [0.717, 1.165) is 28.8 Å². The van der Waals surface area contributed by atoms with Crippen LogP contribution in [-0.2, 0) is 5.41 Å².